The smallest absolute Gasteiger partial charge is 0.119 e. The van der Waals surface area contributed by atoms with Crippen molar-refractivity contribution in [3.8, 4) is 5.75 Å². The second-order valence-electron chi connectivity index (χ2n) is 6.34. The molecule has 0 fully saturated rings. The normalized spacial score (nSPS) is 12.2. The van der Waals surface area contributed by atoms with E-state index in [-0.39, 0.29) is 6.04 Å². The molecule has 0 saturated heterocycles. The topological polar surface area (TPSA) is 21.6 Å². The minimum Gasteiger partial charge on any atom is -0.489 e. The first-order valence-electron chi connectivity index (χ1n) is 9.20. The Morgan fingerprint density at radius 3 is 2.15 bits per heavy atom. The molecule has 0 aliphatic heterocycles. The molecule has 3 aromatic carbocycles. The van der Waals surface area contributed by atoms with Crippen LogP contribution in [0.15, 0.2) is 89.9 Å². The van der Waals surface area contributed by atoms with Crippen LogP contribution in [0.2, 0.25) is 0 Å². The molecule has 0 heterocycles. The number of rotatable bonds is 8. The predicted octanol–water partition coefficient (Wildman–Crippen LogP) is 6.23. The Labute approximate surface area is 156 Å². The third-order valence-corrected chi connectivity index (χ3v) is 4.28. The summed E-state index contributed by atoms with van der Waals surface area (Å²) >= 11 is 0. The number of nitrogens with zero attached hydrogens (tertiary/aromatic N) is 1. The Hall–Kier alpha value is -2.87. The molecule has 0 aromatic heterocycles. The molecule has 0 amide bonds. The molecule has 3 aromatic rings. The Balaban J connectivity index is 1.61. The molecular formula is C24H25NO. The van der Waals surface area contributed by atoms with E-state index in [9.17, 15) is 0 Å². The molecule has 0 radical (unpaired) electrons. The summed E-state index contributed by atoms with van der Waals surface area (Å²) < 4.78 is 5.84. The van der Waals surface area contributed by atoms with E-state index < -0.39 is 0 Å². The van der Waals surface area contributed by atoms with E-state index in [1.54, 1.807) is 0 Å². The third-order valence-electron chi connectivity index (χ3n) is 4.28. The fourth-order valence-corrected chi connectivity index (χ4v) is 2.84. The largest absolute Gasteiger partial charge is 0.489 e. The maximum absolute atomic E-state index is 5.84. The first-order chi connectivity index (χ1) is 12.8. The van der Waals surface area contributed by atoms with Crippen LogP contribution in [0.5, 0.6) is 5.75 Å². The van der Waals surface area contributed by atoms with Gasteiger partial charge in [-0.2, -0.15) is 0 Å². The summed E-state index contributed by atoms with van der Waals surface area (Å²) in [6.07, 6.45) is 4.14. The highest BCUT2D eigenvalue weighted by Crippen LogP contribution is 2.22. The first kappa shape index (κ1) is 17.9. The van der Waals surface area contributed by atoms with Gasteiger partial charge in [0.05, 0.1) is 6.04 Å². The van der Waals surface area contributed by atoms with Gasteiger partial charge < -0.3 is 4.74 Å². The van der Waals surface area contributed by atoms with Gasteiger partial charge in [0.2, 0.25) is 0 Å². The summed E-state index contributed by atoms with van der Waals surface area (Å²) in [5.74, 6) is 0.874. The van der Waals surface area contributed by atoms with Crippen LogP contribution >= 0.6 is 0 Å². The van der Waals surface area contributed by atoms with Crippen molar-refractivity contribution >= 4 is 6.21 Å². The zero-order valence-electron chi connectivity index (χ0n) is 15.2. The monoisotopic (exact) mass is 343 g/mol. The molecule has 0 saturated carbocycles. The van der Waals surface area contributed by atoms with E-state index in [1.165, 1.54) is 11.1 Å². The van der Waals surface area contributed by atoms with E-state index in [0.717, 1.165) is 24.2 Å². The van der Waals surface area contributed by atoms with Crippen molar-refractivity contribution in [2.45, 2.75) is 32.4 Å². The number of benzene rings is 3. The highest BCUT2D eigenvalue weighted by Gasteiger charge is 2.07. The second kappa shape index (κ2) is 9.57. The highest BCUT2D eigenvalue weighted by molar-refractivity contribution is 5.80. The van der Waals surface area contributed by atoms with Gasteiger partial charge in [0.1, 0.15) is 12.4 Å². The van der Waals surface area contributed by atoms with Crippen LogP contribution in [0, 0.1) is 0 Å². The van der Waals surface area contributed by atoms with Crippen molar-refractivity contribution in [1.29, 1.82) is 0 Å². The molecule has 0 spiro atoms. The summed E-state index contributed by atoms with van der Waals surface area (Å²) in [4.78, 5) is 4.81. The fraction of sp³-hybridized carbons (Fsp3) is 0.208. The third kappa shape index (κ3) is 5.32. The Bertz CT molecular complexity index is 795. The molecular weight excluding hydrogens is 318 g/mol. The number of hydrogen-bond donors (Lipinski definition) is 0. The minimum absolute atomic E-state index is 0.218. The maximum atomic E-state index is 5.84. The van der Waals surface area contributed by atoms with Gasteiger partial charge in [-0.25, -0.2) is 0 Å². The Kier molecular flexibility index (Phi) is 6.60. The van der Waals surface area contributed by atoms with Gasteiger partial charge in [0.25, 0.3) is 0 Å². The lowest BCUT2D eigenvalue weighted by molar-refractivity contribution is 0.306. The number of aliphatic imine (C=N–C) groups is 1. The van der Waals surface area contributed by atoms with Gasteiger partial charge >= 0.3 is 0 Å². The van der Waals surface area contributed by atoms with Crippen LogP contribution in [0.3, 0.4) is 0 Å². The SMILES string of the molecule is CCCC(/N=C\c1ccc(OCc2ccccc2)cc1)c1ccccc1. The summed E-state index contributed by atoms with van der Waals surface area (Å²) in [5.41, 5.74) is 3.53. The van der Waals surface area contributed by atoms with Gasteiger partial charge in [-0.1, -0.05) is 74.0 Å². The van der Waals surface area contributed by atoms with Gasteiger partial charge in [-0.05, 0) is 47.4 Å². The summed E-state index contributed by atoms with van der Waals surface area (Å²) in [7, 11) is 0. The standard InChI is InChI=1S/C24H25NO/c1-2-9-24(22-12-7-4-8-13-22)25-18-20-14-16-23(17-15-20)26-19-21-10-5-3-6-11-21/h3-8,10-18,24H,2,9,19H2,1H3/b25-18-. The molecule has 3 rings (SSSR count). The maximum Gasteiger partial charge on any atom is 0.119 e. The van der Waals surface area contributed by atoms with Crippen LogP contribution in [0.1, 0.15) is 42.5 Å². The summed E-state index contributed by atoms with van der Waals surface area (Å²) in [6, 6.07) is 29.0. The van der Waals surface area contributed by atoms with E-state index >= 15 is 0 Å². The fourth-order valence-electron chi connectivity index (χ4n) is 2.84. The molecule has 1 unspecified atom stereocenters. The Morgan fingerprint density at radius 2 is 1.50 bits per heavy atom. The van der Waals surface area contributed by atoms with E-state index in [2.05, 4.69) is 55.5 Å². The van der Waals surface area contributed by atoms with E-state index in [0.29, 0.717) is 6.61 Å². The van der Waals surface area contributed by atoms with E-state index in [4.69, 9.17) is 9.73 Å². The zero-order chi connectivity index (χ0) is 18.0. The Morgan fingerprint density at radius 1 is 0.846 bits per heavy atom. The molecule has 2 heteroatoms. The zero-order valence-corrected chi connectivity index (χ0v) is 15.2. The van der Waals surface area contributed by atoms with Crippen molar-refractivity contribution in [3.63, 3.8) is 0 Å². The van der Waals surface area contributed by atoms with Crippen molar-refractivity contribution in [1.82, 2.24) is 0 Å². The van der Waals surface area contributed by atoms with E-state index in [1.807, 2.05) is 42.6 Å². The first-order valence-corrected chi connectivity index (χ1v) is 9.20. The molecule has 0 aliphatic carbocycles. The lowest BCUT2D eigenvalue weighted by Gasteiger charge is -2.11. The van der Waals surface area contributed by atoms with Crippen molar-refractivity contribution < 1.29 is 4.74 Å². The second-order valence-corrected chi connectivity index (χ2v) is 6.34. The lowest BCUT2D eigenvalue weighted by atomic mass is 10.0. The summed E-state index contributed by atoms with van der Waals surface area (Å²) in [6.45, 7) is 2.78. The van der Waals surface area contributed by atoms with Gasteiger partial charge in [0.15, 0.2) is 0 Å². The molecule has 1 atom stereocenters. The quantitative estimate of drug-likeness (QED) is 0.445. The molecule has 2 nitrogen and oxygen atoms in total. The molecule has 0 N–H and O–H groups in total. The van der Waals surface area contributed by atoms with Crippen LogP contribution in [-0.2, 0) is 6.61 Å². The van der Waals surface area contributed by atoms with Gasteiger partial charge in [0, 0.05) is 6.21 Å². The van der Waals surface area contributed by atoms with Crippen LogP contribution in [0.4, 0.5) is 0 Å². The average Bonchev–Trinajstić information content (AvgIpc) is 2.72. The van der Waals surface area contributed by atoms with Crippen LogP contribution in [-0.4, -0.2) is 6.21 Å². The molecule has 0 aliphatic rings. The van der Waals surface area contributed by atoms with Crippen LogP contribution in [0.25, 0.3) is 0 Å². The van der Waals surface area contributed by atoms with Crippen molar-refractivity contribution in [2.75, 3.05) is 0 Å². The summed E-state index contributed by atoms with van der Waals surface area (Å²) in [5, 5.41) is 0. The van der Waals surface area contributed by atoms with Crippen molar-refractivity contribution in [3.05, 3.63) is 102 Å². The number of ether oxygens (including phenoxy) is 1. The molecule has 0 bridgehead atoms. The lowest BCUT2D eigenvalue weighted by Crippen LogP contribution is -1.97. The van der Waals surface area contributed by atoms with Crippen molar-refractivity contribution in [2.24, 2.45) is 4.99 Å². The predicted molar refractivity (Wildman–Crippen MR) is 109 cm³/mol. The van der Waals surface area contributed by atoms with Gasteiger partial charge in [-0.3, -0.25) is 4.99 Å². The minimum atomic E-state index is 0.218. The molecule has 132 valence electrons. The molecule has 26 heavy (non-hydrogen) atoms. The number of hydrogen-bond acceptors (Lipinski definition) is 2. The highest BCUT2D eigenvalue weighted by atomic mass is 16.5. The van der Waals surface area contributed by atoms with Crippen LogP contribution < -0.4 is 4.74 Å². The average molecular weight is 343 g/mol. The van der Waals surface area contributed by atoms with Gasteiger partial charge in [-0.15, -0.1) is 0 Å².